The summed E-state index contributed by atoms with van der Waals surface area (Å²) in [5, 5.41) is 12.9. The smallest absolute Gasteiger partial charge is 0.181 e. The van der Waals surface area contributed by atoms with Crippen molar-refractivity contribution in [1.29, 1.82) is 0 Å². The molecule has 0 fully saturated rings. The van der Waals surface area contributed by atoms with Gasteiger partial charge in [-0.2, -0.15) is 0 Å². The molecule has 2 atom stereocenters. The van der Waals surface area contributed by atoms with E-state index < -0.39 is 15.8 Å². The van der Waals surface area contributed by atoms with Gasteiger partial charge in [0.25, 0.3) is 0 Å². The molecule has 3 rings (SSSR count). The van der Waals surface area contributed by atoms with Gasteiger partial charge in [0.05, 0.1) is 15.3 Å². The van der Waals surface area contributed by atoms with Crippen LogP contribution in [0.2, 0.25) is 5.02 Å². The van der Waals surface area contributed by atoms with Gasteiger partial charge in [-0.25, -0.2) is 13.3 Å². The van der Waals surface area contributed by atoms with Crippen molar-refractivity contribution in [3.8, 4) is 0 Å². The van der Waals surface area contributed by atoms with E-state index in [9.17, 15) is 4.21 Å². The molecule has 2 aromatic carbocycles. The molecule has 0 spiro atoms. The first-order valence-electron chi connectivity index (χ1n) is 9.08. The van der Waals surface area contributed by atoms with Crippen molar-refractivity contribution in [2.24, 2.45) is 4.36 Å². The van der Waals surface area contributed by atoms with Crippen molar-refractivity contribution < 1.29 is 4.21 Å². The molecule has 0 N–H and O–H groups in total. The first kappa shape index (κ1) is 20.5. The van der Waals surface area contributed by atoms with Gasteiger partial charge in [-0.3, -0.25) is 0 Å². The molecule has 148 valence electrons. The Labute approximate surface area is 171 Å². The van der Waals surface area contributed by atoms with Crippen molar-refractivity contribution in [1.82, 2.24) is 20.2 Å². The number of tetrazole rings is 1. The number of rotatable bonds is 5. The van der Waals surface area contributed by atoms with E-state index >= 15 is 0 Å². The molecule has 0 amide bonds. The van der Waals surface area contributed by atoms with Gasteiger partial charge in [0.1, 0.15) is 6.04 Å². The van der Waals surface area contributed by atoms with Gasteiger partial charge < -0.3 is 0 Å². The average molecular weight is 418 g/mol. The SMILES string of the molecule is CCS(=O)(=NC(c1ccc(Cl)cc1)c1nnnn1C(C)(C)C)c1ccccc1. The highest BCUT2D eigenvalue weighted by Crippen LogP contribution is 2.31. The quantitative estimate of drug-likeness (QED) is 0.602. The fourth-order valence-corrected chi connectivity index (χ4v) is 4.72. The molecule has 8 heteroatoms. The molecule has 0 radical (unpaired) electrons. The van der Waals surface area contributed by atoms with Crippen LogP contribution in [0.5, 0.6) is 0 Å². The summed E-state index contributed by atoms with van der Waals surface area (Å²) < 4.78 is 20.4. The van der Waals surface area contributed by atoms with Crippen LogP contribution >= 0.6 is 11.6 Å². The first-order valence-corrected chi connectivity index (χ1v) is 11.1. The molecular weight excluding hydrogens is 394 g/mol. The number of aromatic nitrogens is 4. The second kappa shape index (κ2) is 8.01. The van der Waals surface area contributed by atoms with Gasteiger partial charge in [0.15, 0.2) is 5.82 Å². The maximum atomic E-state index is 13.8. The molecule has 0 bridgehead atoms. The van der Waals surface area contributed by atoms with Crippen molar-refractivity contribution >= 4 is 21.3 Å². The Kier molecular flexibility index (Phi) is 5.86. The molecule has 0 saturated heterocycles. The van der Waals surface area contributed by atoms with Crippen molar-refractivity contribution in [3.63, 3.8) is 0 Å². The molecular formula is C20H24ClN5OS. The fraction of sp³-hybridized carbons (Fsp3) is 0.350. The number of benzene rings is 2. The van der Waals surface area contributed by atoms with Crippen molar-refractivity contribution in [2.75, 3.05) is 5.75 Å². The zero-order valence-electron chi connectivity index (χ0n) is 16.4. The van der Waals surface area contributed by atoms with E-state index in [1.54, 1.807) is 16.8 Å². The van der Waals surface area contributed by atoms with E-state index in [2.05, 4.69) is 15.5 Å². The van der Waals surface area contributed by atoms with Crippen LogP contribution in [0.4, 0.5) is 0 Å². The van der Waals surface area contributed by atoms with Crippen LogP contribution < -0.4 is 0 Å². The van der Waals surface area contributed by atoms with Crippen LogP contribution in [0.15, 0.2) is 63.9 Å². The number of nitrogens with zero attached hydrogens (tertiary/aromatic N) is 5. The number of halogens is 1. The summed E-state index contributed by atoms with van der Waals surface area (Å²) in [5.41, 5.74) is 0.487. The lowest BCUT2D eigenvalue weighted by molar-refractivity contribution is 0.331. The fourth-order valence-electron chi connectivity index (χ4n) is 2.85. The third-order valence-corrected chi connectivity index (χ3v) is 6.93. The van der Waals surface area contributed by atoms with Gasteiger partial charge >= 0.3 is 0 Å². The summed E-state index contributed by atoms with van der Waals surface area (Å²) in [6.07, 6.45) is 0. The number of hydrogen-bond acceptors (Lipinski definition) is 5. The summed E-state index contributed by atoms with van der Waals surface area (Å²) in [5.74, 6) is 0.935. The molecule has 3 aromatic rings. The molecule has 1 aromatic heterocycles. The molecule has 0 saturated carbocycles. The van der Waals surface area contributed by atoms with Gasteiger partial charge in [-0.05, 0) is 61.0 Å². The summed E-state index contributed by atoms with van der Waals surface area (Å²) in [4.78, 5) is 0.700. The van der Waals surface area contributed by atoms with Crippen LogP contribution in [-0.2, 0) is 15.3 Å². The minimum Gasteiger partial charge on any atom is -0.245 e. The summed E-state index contributed by atoms with van der Waals surface area (Å²) in [6.45, 7) is 7.92. The van der Waals surface area contributed by atoms with Crippen molar-refractivity contribution in [3.05, 3.63) is 71.0 Å². The van der Waals surface area contributed by atoms with E-state index in [1.165, 1.54) is 0 Å². The van der Waals surface area contributed by atoms with Crippen LogP contribution in [0, 0.1) is 0 Å². The summed E-state index contributed by atoms with van der Waals surface area (Å²) >= 11 is 6.07. The average Bonchev–Trinajstić information content (AvgIpc) is 3.18. The standard InChI is InChI=1S/C20H24ClN5OS/c1-5-28(27,17-9-7-6-8-10-17)23-18(15-11-13-16(21)14-12-15)19-22-24-25-26(19)20(2,3)4/h6-14,18H,5H2,1-4H3. The van der Waals surface area contributed by atoms with Crippen LogP contribution in [0.3, 0.4) is 0 Å². The summed E-state index contributed by atoms with van der Waals surface area (Å²) in [6, 6.07) is 16.1. The van der Waals surface area contributed by atoms with Gasteiger partial charge in [-0.1, -0.05) is 48.9 Å². The first-order chi connectivity index (χ1) is 13.2. The predicted molar refractivity (Wildman–Crippen MR) is 112 cm³/mol. The third kappa shape index (κ3) is 4.25. The largest absolute Gasteiger partial charge is 0.245 e. The lowest BCUT2D eigenvalue weighted by Crippen LogP contribution is -2.27. The van der Waals surface area contributed by atoms with Gasteiger partial charge in [-0.15, -0.1) is 5.10 Å². The Morgan fingerprint density at radius 1 is 1.11 bits per heavy atom. The molecule has 0 aliphatic rings. The van der Waals surface area contributed by atoms with E-state index in [4.69, 9.17) is 16.0 Å². The molecule has 28 heavy (non-hydrogen) atoms. The highest BCUT2D eigenvalue weighted by molar-refractivity contribution is 7.93. The van der Waals surface area contributed by atoms with E-state index in [0.717, 1.165) is 5.56 Å². The monoisotopic (exact) mass is 417 g/mol. The molecule has 2 unspecified atom stereocenters. The van der Waals surface area contributed by atoms with E-state index in [1.807, 2.05) is 70.2 Å². The Balaban J connectivity index is 2.25. The Morgan fingerprint density at radius 2 is 1.75 bits per heavy atom. The lowest BCUT2D eigenvalue weighted by Gasteiger charge is -2.23. The highest BCUT2D eigenvalue weighted by Gasteiger charge is 2.28. The second-order valence-corrected chi connectivity index (χ2v) is 10.4. The molecule has 6 nitrogen and oxygen atoms in total. The highest BCUT2D eigenvalue weighted by atomic mass is 35.5. The van der Waals surface area contributed by atoms with Gasteiger partial charge in [0, 0.05) is 15.7 Å². The molecule has 0 aliphatic heterocycles. The predicted octanol–water partition coefficient (Wildman–Crippen LogP) is 4.72. The lowest BCUT2D eigenvalue weighted by atomic mass is 10.0. The maximum Gasteiger partial charge on any atom is 0.181 e. The number of hydrogen-bond donors (Lipinski definition) is 0. The Morgan fingerprint density at radius 3 is 2.32 bits per heavy atom. The summed E-state index contributed by atoms with van der Waals surface area (Å²) in [7, 11) is -2.67. The van der Waals surface area contributed by atoms with Gasteiger partial charge in [0.2, 0.25) is 0 Å². The minimum absolute atomic E-state index is 0.348. The van der Waals surface area contributed by atoms with Crippen LogP contribution in [-0.4, -0.2) is 30.2 Å². The zero-order chi connectivity index (χ0) is 20.4. The maximum absolute atomic E-state index is 13.8. The van der Waals surface area contributed by atoms with E-state index in [0.29, 0.717) is 21.5 Å². The van der Waals surface area contributed by atoms with E-state index in [-0.39, 0.29) is 5.54 Å². The molecule has 1 heterocycles. The Hall–Kier alpha value is -2.25. The van der Waals surface area contributed by atoms with Crippen LogP contribution in [0.25, 0.3) is 0 Å². The Bertz CT molecular complexity index is 1050. The van der Waals surface area contributed by atoms with Crippen molar-refractivity contribution in [2.45, 2.75) is 44.2 Å². The van der Waals surface area contributed by atoms with Crippen LogP contribution in [0.1, 0.15) is 45.1 Å². The normalized spacial score (nSPS) is 15.0. The third-order valence-electron chi connectivity index (χ3n) is 4.34. The topological polar surface area (TPSA) is 73.0 Å². The zero-order valence-corrected chi connectivity index (χ0v) is 18.0. The second-order valence-electron chi connectivity index (χ2n) is 7.42. The molecule has 0 aliphatic carbocycles. The minimum atomic E-state index is -2.67.